The number of ether oxygens (including phenoxy) is 1. The Morgan fingerprint density at radius 3 is 2.73 bits per heavy atom. The van der Waals surface area contributed by atoms with E-state index in [-0.39, 0.29) is 5.97 Å². The van der Waals surface area contributed by atoms with Crippen molar-refractivity contribution in [3.63, 3.8) is 0 Å². The zero-order valence-corrected chi connectivity index (χ0v) is 9.87. The predicted octanol–water partition coefficient (Wildman–Crippen LogP) is 3.32. The molecule has 86 valence electrons. The molecule has 0 aromatic rings. The topological polar surface area (TPSA) is 26.3 Å². The van der Waals surface area contributed by atoms with E-state index in [1.807, 2.05) is 0 Å². The summed E-state index contributed by atoms with van der Waals surface area (Å²) in [5.41, 5.74) is 0. The van der Waals surface area contributed by atoms with Gasteiger partial charge in [0, 0.05) is 6.42 Å². The molecule has 15 heavy (non-hydrogen) atoms. The monoisotopic (exact) mass is 210 g/mol. The van der Waals surface area contributed by atoms with Crippen LogP contribution in [0.4, 0.5) is 0 Å². The van der Waals surface area contributed by atoms with Gasteiger partial charge in [-0.2, -0.15) is 0 Å². The molecule has 1 aliphatic carbocycles. The number of carbonyl (C=O) groups is 1. The Morgan fingerprint density at radius 1 is 1.33 bits per heavy atom. The smallest absolute Gasteiger partial charge is 0.305 e. The second-order valence-corrected chi connectivity index (χ2v) is 4.35. The Balaban J connectivity index is 2.35. The normalized spacial score (nSPS) is 26.0. The number of allylic oxidation sites excluding steroid dienone is 2. The molecule has 2 heteroatoms. The fraction of sp³-hybridized carbons (Fsp3) is 0.769. The molecule has 0 bridgehead atoms. The fourth-order valence-corrected chi connectivity index (χ4v) is 2.43. The van der Waals surface area contributed by atoms with Crippen molar-refractivity contribution >= 4 is 5.97 Å². The van der Waals surface area contributed by atoms with Crippen LogP contribution in [0, 0.1) is 11.8 Å². The van der Waals surface area contributed by atoms with Crippen LogP contribution in [-0.4, -0.2) is 13.1 Å². The molecule has 0 aromatic carbocycles. The Hall–Kier alpha value is -0.790. The summed E-state index contributed by atoms with van der Waals surface area (Å²) in [5.74, 6) is 1.21. The lowest BCUT2D eigenvalue weighted by molar-refractivity contribution is -0.142. The summed E-state index contributed by atoms with van der Waals surface area (Å²) in [6, 6.07) is 0. The summed E-state index contributed by atoms with van der Waals surface area (Å²) < 4.78 is 4.73. The van der Waals surface area contributed by atoms with Crippen molar-refractivity contribution in [1.82, 2.24) is 0 Å². The summed E-state index contributed by atoms with van der Waals surface area (Å²) in [6.45, 7) is 2.15. The van der Waals surface area contributed by atoms with Crippen LogP contribution in [0.25, 0.3) is 0 Å². The molecule has 0 amide bonds. The van der Waals surface area contributed by atoms with Gasteiger partial charge >= 0.3 is 5.97 Å². The lowest BCUT2D eigenvalue weighted by atomic mass is 9.90. The van der Waals surface area contributed by atoms with Crippen LogP contribution in [0.1, 0.15) is 45.4 Å². The van der Waals surface area contributed by atoms with Crippen LogP contribution in [-0.2, 0) is 9.53 Å². The maximum absolute atomic E-state index is 11.2. The van der Waals surface area contributed by atoms with Crippen molar-refractivity contribution in [2.24, 2.45) is 11.8 Å². The number of methoxy groups -OCH3 is 1. The molecule has 0 N–H and O–H groups in total. The Morgan fingerprint density at radius 2 is 2.07 bits per heavy atom. The van der Waals surface area contributed by atoms with Gasteiger partial charge in [-0.05, 0) is 37.5 Å². The maximum atomic E-state index is 11.2. The van der Waals surface area contributed by atoms with Crippen LogP contribution in [0.2, 0.25) is 0 Å². The number of hydrogen-bond acceptors (Lipinski definition) is 2. The molecule has 1 saturated carbocycles. The van der Waals surface area contributed by atoms with Gasteiger partial charge in [-0.25, -0.2) is 0 Å². The summed E-state index contributed by atoms with van der Waals surface area (Å²) in [7, 11) is 1.48. The van der Waals surface area contributed by atoms with Gasteiger partial charge in [0.1, 0.15) is 0 Å². The van der Waals surface area contributed by atoms with Crippen molar-refractivity contribution in [1.29, 1.82) is 0 Å². The minimum absolute atomic E-state index is 0.0497. The lowest BCUT2D eigenvalue weighted by Gasteiger charge is -2.16. The standard InChI is InChI=1S/C13H22O2/c1-3-4-5-7-11-8-6-9-12(11)10-13(14)15-2/h4-5,11-12H,3,6-10H2,1-2H3. The van der Waals surface area contributed by atoms with Crippen LogP contribution in [0.5, 0.6) is 0 Å². The van der Waals surface area contributed by atoms with Gasteiger partial charge in [-0.15, -0.1) is 0 Å². The first-order valence-corrected chi connectivity index (χ1v) is 5.99. The lowest BCUT2D eigenvalue weighted by Crippen LogP contribution is -2.13. The Bertz CT molecular complexity index is 221. The van der Waals surface area contributed by atoms with Crippen molar-refractivity contribution in [3.05, 3.63) is 12.2 Å². The van der Waals surface area contributed by atoms with E-state index >= 15 is 0 Å². The second-order valence-electron chi connectivity index (χ2n) is 4.35. The Labute approximate surface area is 92.7 Å². The zero-order valence-electron chi connectivity index (χ0n) is 9.87. The molecule has 2 unspecified atom stereocenters. The molecule has 1 rings (SSSR count). The number of carbonyl (C=O) groups excluding carboxylic acids is 1. The molecule has 0 spiro atoms. The molecule has 0 radical (unpaired) electrons. The quantitative estimate of drug-likeness (QED) is 0.514. The molecule has 2 nitrogen and oxygen atoms in total. The SMILES string of the molecule is CCC=CCC1CCCC1CC(=O)OC. The van der Waals surface area contributed by atoms with Gasteiger partial charge in [0.15, 0.2) is 0 Å². The zero-order chi connectivity index (χ0) is 11.1. The van der Waals surface area contributed by atoms with E-state index in [0.717, 1.165) is 12.8 Å². The number of hydrogen-bond donors (Lipinski definition) is 0. The second kappa shape index (κ2) is 6.65. The van der Waals surface area contributed by atoms with Crippen LogP contribution < -0.4 is 0 Å². The van der Waals surface area contributed by atoms with Gasteiger partial charge in [0.25, 0.3) is 0 Å². The fourth-order valence-electron chi connectivity index (χ4n) is 2.43. The van der Waals surface area contributed by atoms with Gasteiger partial charge in [0.2, 0.25) is 0 Å². The predicted molar refractivity (Wildman–Crippen MR) is 61.5 cm³/mol. The van der Waals surface area contributed by atoms with Gasteiger partial charge in [-0.1, -0.05) is 25.5 Å². The third-order valence-electron chi connectivity index (χ3n) is 3.31. The highest BCUT2D eigenvalue weighted by Crippen LogP contribution is 2.36. The maximum Gasteiger partial charge on any atom is 0.305 e. The molecule has 0 aliphatic heterocycles. The van der Waals surface area contributed by atoms with Crippen molar-refractivity contribution in [2.75, 3.05) is 7.11 Å². The summed E-state index contributed by atoms with van der Waals surface area (Å²) in [4.78, 5) is 11.2. The molecular weight excluding hydrogens is 188 g/mol. The van der Waals surface area contributed by atoms with E-state index < -0.39 is 0 Å². The van der Waals surface area contributed by atoms with Gasteiger partial charge in [0.05, 0.1) is 7.11 Å². The van der Waals surface area contributed by atoms with E-state index in [4.69, 9.17) is 4.74 Å². The number of esters is 1. The molecular formula is C13H22O2. The van der Waals surface area contributed by atoms with Crippen LogP contribution in [0.15, 0.2) is 12.2 Å². The first-order valence-electron chi connectivity index (χ1n) is 5.99. The number of rotatable bonds is 5. The van der Waals surface area contributed by atoms with Crippen molar-refractivity contribution < 1.29 is 9.53 Å². The van der Waals surface area contributed by atoms with E-state index in [0.29, 0.717) is 18.3 Å². The third kappa shape index (κ3) is 4.06. The molecule has 0 saturated heterocycles. The van der Waals surface area contributed by atoms with E-state index in [9.17, 15) is 4.79 Å². The Kier molecular flexibility index (Phi) is 5.44. The summed E-state index contributed by atoms with van der Waals surface area (Å²) in [6.07, 6.45) is 11.1. The average molecular weight is 210 g/mol. The summed E-state index contributed by atoms with van der Waals surface area (Å²) in [5, 5.41) is 0. The third-order valence-corrected chi connectivity index (χ3v) is 3.31. The van der Waals surface area contributed by atoms with Crippen molar-refractivity contribution in [2.45, 2.75) is 45.4 Å². The minimum Gasteiger partial charge on any atom is -0.469 e. The highest BCUT2D eigenvalue weighted by atomic mass is 16.5. The largest absolute Gasteiger partial charge is 0.469 e. The van der Waals surface area contributed by atoms with E-state index in [1.165, 1.54) is 26.4 Å². The van der Waals surface area contributed by atoms with E-state index in [1.54, 1.807) is 0 Å². The molecule has 0 aromatic heterocycles. The molecule has 2 atom stereocenters. The minimum atomic E-state index is -0.0497. The average Bonchev–Trinajstić information content (AvgIpc) is 2.66. The molecule has 1 aliphatic rings. The first-order chi connectivity index (χ1) is 7.27. The van der Waals surface area contributed by atoms with Crippen molar-refractivity contribution in [3.8, 4) is 0 Å². The molecule has 1 fully saturated rings. The first kappa shape index (κ1) is 12.3. The molecule has 0 heterocycles. The highest BCUT2D eigenvalue weighted by Gasteiger charge is 2.28. The highest BCUT2D eigenvalue weighted by molar-refractivity contribution is 5.69. The summed E-state index contributed by atoms with van der Waals surface area (Å²) >= 11 is 0. The van der Waals surface area contributed by atoms with Crippen LogP contribution in [0.3, 0.4) is 0 Å². The van der Waals surface area contributed by atoms with E-state index in [2.05, 4.69) is 19.1 Å². The van der Waals surface area contributed by atoms with Gasteiger partial charge < -0.3 is 4.74 Å². The van der Waals surface area contributed by atoms with Crippen LogP contribution >= 0.6 is 0 Å². The van der Waals surface area contributed by atoms with Gasteiger partial charge in [-0.3, -0.25) is 4.79 Å².